The molecular weight excluding hydrogens is 200 g/mol. The van der Waals surface area contributed by atoms with Gasteiger partial charge in [0.2, 0.25) is 0 Å². The average molecular weight is 218 g/mol. The third-order valence-electron chi connectivity index (χ3n) is 1.40. The zero-order chi connectivity index (χ0) is 11.5. The normalized spacial score (nSPS) is 9.73. The first-order chi connectivity index (χ1) is 7.22. The van der Waals surface area contributed by atoms with Gasteiger partial charge in [-0.05, 0) is 13.0 Å². The van der Waals surface area contributed by atoms with E-state index in [1.54, 1.807) is 0 Å². The zero-order valence-electron chi connectivity index (χ0n) is 9.03. The lowest BCUT2D eigenvalue weighted by atomic mass is 10.5. The molecule has 0 rings (SSSR count). The average Bonchev–Trinajstić information content (AvgIpc) is 2.25. The van der Waals surface area contributed by atoms with Crippen molar-refractivity contribution in [2.45, 2.75) is 13.3 Å². The van der Waals surface area contributed by atoms with E-state index in [4.69, 9.17) is 19.3 Å². The van der Waals surface area contributed by atoms with Crippen LogP contribution < -0.4 is 0 Å². The summed E-state index contributed by atoms with van der Waals surface area (Å²) >= 11 is 0. The van der Waals surface area contributed by atoms with Crippen LogP contribution in [-0.2, 0) is 19.0 Å². The van der Waals surface area contributed by atoms with E-state index in [0.717, 1.165) is 6.42 Å². The molecule has 88 valence electrons. The van der Waals surface area contributed by atoms with Crippen molar-refractivity contribution in [2.75, 3.05) is 33.0 Å². The predicted molar refractivity (Wildman–Crippen MR) is 54.2 cm³/mol. The van der Waals surface area contributed by atoms with Crippen molar-refractivity contribution >= 4 is 5.97 Å². The van der Waals surface area contributed by atoms with Crippen LogP contribution in [0.4, 0.5) is 0 Å². The van der Waals surface area contributed by atoms with Crippen LogP contribution in [0.25, 0.3) is 0 Å². The van der Waals surface area contributed by atoms with Gasteiger partial charge < -0.3 is 19.3 Å². The van der Waals surface area contributed by atoms with Gasteiger partial charge in [-0.25, -0.2) is 4.79 Å². The summed E-state index contributed by atoms with van der Waals surface area (Å²) in [5, 5.41) is 8.40. The number of aliphatic hydroxyl groups excluding tert-OH is 1. The van der Waals surface area contributed by atoms with Gasteiger partial charge in [0.25, 0.3) is 0 Å². The van der Waals surface area contributed by atoms with Crippen molar-refractivity contribution in [1.29, 1.82) is 0 Å². The highest BCUT2D eigenvalue weighted by Crippen LogP contribution is 1.97. The number of ether oxygens (including phenoxy) is 3. The van der Waals surface area contributed by atoms with Crippen molar-refractivity contribution in [3.05, 3.63) is 12.3 Å². The minimum Gasteiger partial charge on any atom is -0.485 e. The molecular formula is C10H18O5. The van der Waals surface area contributed by atoms with Gasteiger partial charge in [0.15, 0.2) is 5.76 Å². The Kier molecular flexibility index (Phi) is 8.81. The number of aliphatic hydroxyl groups is 1. The fourth-order valence-electron chi connectivity index (χ4n) is 0.725. The van der Waals surface area contributed by atoms with E-state index in [0.29, 0.717) is 13.2 Å². The minimum atomic E-state index is -0.543. The fraction of sp³-hybridized carbons (Fsp3) is 0.700. The third kappa shape index (κ3) is 7.96. The smallest absolute Gasteiger partial charge is 0.372 e. The summed E-state index contributed by atoms with van der Waals surface area (Å²) in [6.45, 7) is 6.45. The summed E-state index contributed by atoms with van der Waals surface area (Å²) in [6, 6.07) is 0. The van der Waals surface area contributed by atoms with Crippen LogP contribution >= 0.6 is 0 Å². The summed E-state index contributed by atoms with van der Waals surface area (Å²) in [7, 11) is 0. The monoisotopic (exact) mass is 218 g/mol. The van der Waals surface area contributed by atoms with Crippen LogP contribution in [0.5, 0.6) is 0 Å². The Balaban J connectivity index is 3.43. The lowest BCUT2D eigenvalue weighted by Crippen LogP contribution is -2.13. The molecule has 0 saturated carbocycles. The van der Waals surface area contributed by atoms with Crippen molar-refractivity contribution in [3.8, 4) is 0 Å². The summed E-state index contributed by atoms with van der Waals surface area (Å²) in [5.41, 5.74) is 0. The molecule has 0 spiro atoms. The van der Waals surface area contributed by atoms with Crippen LogP contribution in [0, 0.1) is 0 Å². The van der Waals surface area contributed by atoms with Gasteiger partial charge in [-0.2, -0.15) is 0 Å². The molecule has 0 aromatic heterocycles. The van der Waals surface area contributed by atoms with E-state index in [1.165, 1.54) is 0 Å². The fourth-order valence-corrected chi connectivity index (χ4v) is 0.725. The van der Waals surface area contributed by atoms with E-state index < -0.39 is 5.97 Å². The second kappa shape index (κ2) is 9.48. The Morgan fingerprint density at radius 3 is 2.53 bits per heavy atom. The standard InChI is InChI=1S/C10H18O5/c1-3-5-15-10(12)9(2)14-8-7-13-6-4-11/h11H,2-8H2,1H3. The highest BCUT2D eigenvalue weighted by Gasteiger charge is 2.08. The molecule has 1 N–H and O–H groups in total. The second-order valence-corrected chi connectivity index (χ2v) is 2.74. The molecule has 0 fully saturated rings. The first-order valence-corrected chi connectivity index (χ1v) is 4.89. The number of carbonyl (C=O) groups is 1. The Bertz CT molecular complexity index is 190. The number of esters is 1. The molecule has 0 aliphatic heterocycles. The molecule has 0 amide bonds. The molecule has 0 atom stereocenters. The van der Waals surface area contributed by atoms with Gasteiger partial charge in [-0.3, -0.25) is 0 Å². The van der Waals surface area contributed by atoms with Crippen molar-refractivity contribution < 1.29 is 24.1 Å². The maximum atomic E-state index is 11.1. The van der Waals surface area contributed by atoms with Gasteiger partial charge in [-0.15, -0.1) is 0 Å². The molecule has 5 nitrogen and oxygen atoms in total. The Hall–Kier alpha value is -1.07. The van der Waals surface area contributed by atoms with Gasteiger partial charge in [-0.1, -0.05) is 6.92 Å². The minimum absolute atomic E-state index is 0.0175. The van der Waals surface area contributed by atoms with E-state index >= 15 is 0 Å². The maximum absolute atomic E-state index is 11.1. The summed E-state index contributed by atoms with van der Waals surface area (Å²) in [5.74, 6) is -0.560. The van der Waals surface area contributed by atoms with Crippen molar-refractivity contribution in [2.24, 2.45) is 0 Å². The molecule has 0 aromatic carbocycles. The van der Waals surface area contributed by atoms with Crippen LogP contribution in [0.2, 0.25) is 0 Å². The number of rotatable bonds is 9. The van der Waals surface area contributed by atoms with Crippen molar-refractivity contribution in [3.63, 3.8) is 0 Å². The first-order valence-electron chi connectivity index (χ1n) is 4.89. The molecule has 0 heterocycles. The molecule has 0 aliphatic rings. The van der Waals surface area contributed by atoms with Crippen LogP contribution in [0.1, 0.15) is 13.3 Å². The Morgan fingerprint density at radius 2 is 1.93 bits per heavy atom. The first kappa shape index (κ1) is 13.9. The van der Waals surface area contributed by atoms with Crippen LogP contribution in [0.15, 0.2) is 12.3 Å². The molecule has 0 aliphatic carbocycles. The van der Waals surface area contributed by atoms with Crippen molar-refractivity contribution in [1.82, 2.24) is 0 Å². The topological polar surface area (TPSA) is 65.0 Å². The summed E-state index contributed by atoms with van der Waals surface area (Å²) in [6.07, 6.45) is 0.763. The van der Waals surface area contributed by atoms with Gasteiger partial charge in [0.1, 0.15) is 6.61 Å². The molecule has 0 saturated heterocycles. The van der Waals surface area contributed by atoms with Crippen LogP contribution in [0.3, 0.4) is 0 Å². The quantitative estimate of drug-likeness (QED) is 0.264. The van der Waals surface area contributed by atoms with E-state index in [-0.39, 0.29) is 25.6 Å². The van der Waals surface area contributed by atoms with Gasteiger partial charge in [0.05, 0.1) is 26.4 Å². The highest BCUT2D eigenvalue weighted by molar-refractivity contribution is 5.85. The van der Waals surface area contributed by atoms with E-state index in [2.05, 4.69) is 6.58 Å². The second-order valence-electron chi connectivity index (χ2n) is 2.74. The zero-order valence-corrected chi connectivity index (χ0v) is 9.03. The lowest BCUT2D eigenvalue weighted by Gasteiger charge is -2.08. The molecule has 0 aromatic rings. The number of hydrogen-bond acceptors (Lipinski definition) is 5. The lowest BCUT2D eigenvalue weighted by molar-refractivity contribution is -0.143. The number of hydrogen-bond donors (Lipinski definition) is 1. The third-order valence-corrected chi connectivity index (χ3v) is 1.40. The maximum Gasteiger partial charge on any atom is 0.372 e. The number of carbonyl (C=O) groups excluding carboxylic acids is 1. The molecule has 0 radical (unpaired) electrons. The molecule has 0 bridgehead atoms. The Morgan fingerprint density at radius 1 is 1.20 bits per heavy atom. The summed E-state index contributed by atoms with van der Waals surface area (Å²) < 4.78 is 14.7. The molecule has 15 heavy (non-hydrogen) atoms. The molecule has 0 unspecified atom stereocenters. The SMILES string of the molecule is C=C(OCCOCCO)C(=O)OCCC. The Labute approximate surface area is 89.6 Å². The van der Waals surface area contributed by atoms with E-state index in [9.17, 15) is 4.79 Å². The summed E-state index contributed by atoms with van der Waals surface area (Å²) in [4.78, 5) is 11.1. The van der Waals surface area contributed by atoms with Gasteiger partial charge in [0, 0.05) is 0 Å². The van der Waals surface area contributed by atoms with Crippen LogP contribution in [-0.4, -0.2) is 44.1 Å². The largest absolute Gasteiger partial charge is 0.485 e. The van der Waals surface area contributed by atoms with E-state index in [1.807, 2.05) is 6.92 Å². The van der Waals surface area contributed by atoms with Gasteiger partial charge >= 0.3 is 5.97 Å². The molecule has 5 heteroatoms. The highest BCUT2D eigenvalue weighted by atomic mass is 16.6. The predicted octanol–water partition coefficient (Wildman–Crippen LogP) is 0.479.